The first kappa shape index (κ1) is 12.0. The highest BCUT2D eigenvalue weighted by Gasteiger charge is 2.05. The first-order valence-electron chi connectivity index (χ1n) is 4.63. The summed E-state index contributed by atoms with van der Waals surface area (Å²) in [5.41, 5.74) is 1.85. The minimum absolute atomic E-state index is 0.490. The molecule has 0 aliphatic heterocycles. The first-order valence-corrected chi connectivity index (χ1v) is 4.63. The maximum absolute atomic E-state index is 10.8. The van der Waals surface area contributed by atoms with Crippen molar-refractivity contribution in [2.75, 3.05) is 7.11 Å². The topological polar surface area (TPSA) is 63.6 Å². The number of aldehydes is 1. The van der Waals surface area contributed by atoms with Crippen LogP contribution < -0.4 is 4.74 Å². The second-order valence-corrected chi connectivity index (χ2v) is 3.23. The monoisotopic (exact) mass is 220 g/mol. The highest BCUT2D eigenvalue weighted by Crippen LogP contribution is 2.23. The summed E-state index contributed by atoms with van der Waals surface area (Å²) in [4.78, 5) is 21.2. The van der Waals surface area contributed by atoms with E-state index in [1.165, 1.54) is 13.2 Å². The molecule has 0 heterocycles. The number of hydrogen-bond donors (Lipinski definition) is 1. The van der Waals surface area contributed by atoms with Crippen LogP contribution in [0.25, 0.3) is 6.08 Å². The summed E-state index contributed by atoms with van der Waals surface area (Å²) >= 11 is 0. The second-order valence-electron chi connectivity index (χ2n) is 3.23. The standard InChI is InChI=1S/C12H12O4/c1-8-10(7-13)5-9(3-4-12(14)15)6-11(8)16-2/h3-7H,1-2H3,(H,14,15)/b4-3+. The van der Waals surface area contributed by atoms with Crippen LogP contribution in [0.3, 0.4) is 0 Å². The first-order chi connectivity index (χ1) is 7.58. The summed E-state index contributed by atoms with van der Waals surface area (Å²) < 4.78 is 5.09. The summed E-state index contributed by atoms with van der Waals surface area (Å²) in [7, 11) is 1.50. The van der Waals surface area contributed by atoms with Crippen LogP contribution in [0.1, 0.15) is 21.5 Å². The minimum atomic E-state index is -1.04. The van der Waals surface area contributed by atoms with Gasteiger partial charge < -0.3 is 9.84 Å². The van der Waals surface area contributed by atoms with Gasteiger partial charge in [-0.2, -0.15) is 0 Å². The van der Waals surface area contributed by atoms with Crippen LogP contribution in [0, 0.1) is 6.92 Å². The Morgan fingerprint density at radius 2 is 2.12 bits per heavy atom. The molecule has 0 saturated carbocycles. The van der Waals surface area contributed by atoms with Crippen molar-refractivity contribution in [2.24, 2.45) is 0 Å². The molecule has 0 aliphatic carbocycles. The summed E-state index contributed by atoms with van der Waals surface area (Å²) in [6, 6.07) is 3.30. The van der Waals surface area contributed by atoms with Crippen LogP contribution in [0.5, 0.6) is 5.75 Å². The Kier molecular flexibility index (Phi) is 3.83. The number of aliphatic carboxylic acids is 1. The van der Waals surface area contributed by atoms with Gasteiger partial charge in [-0.25, -0.2) is 4.79 Å². The summed E-state index contributed by atoms with van der Waals surface area (Å²) in [6.07, 6.45) is 3.14. The van der Waals surface area contributed by atoms with Gasteiger partial charge in [-0.3, -0.25) is 4.79 Å². The fourth-order valence-corrected chi connectivity index (χ4v) is 1.33. The van der Waals surface area contributed by atoms with Crippen molar-refractivity contribution in [1.29, 1.82) is 0 Å². The molecule has 4 heteroatoms. The molecule has 1 aromatic rings. The molecule has 84 valence electrons. The van der Waals surface area contributed by atoms with Crippen molar-refractivity contribution in [1.82, 2.24) is 0 Å². The number of rotatable bonds is 4. The third-order valence-corrected chi connectivity index (χ3v) is 2.19. The zero-order chi connectivity index (χ0) is 12.1. The van der Waals surface area contributed by atoms with E-state index in [-0.39, 0.29) is 0 Å². The van der Waals surface area contributed by atoms with Crippen LogP contribution in [0.15, 0.2) is 18.2 Å². The SMILES string of the molecule is COc1cc(/C=C/C(=O)O)cc(C=O)c1C. The van der Waals surface area contributed by atoms with E-state index < -0.39 is 5.97 Å². The van der Waals surface area contributed by atoms with Gasteiger partial charge in [0.15, 0.2) is 0 Å². The van der Waals surface area contributed by atoms with E-state index in [1.807, 2.05) is 0 Å². The molecule has 0 spiro atoms. The lowest BCUT2D eigenvalue weighted by Gasteiger charge is -2.08. The van der Waals surface area contributed by atoms with Crippen LogP contribution >= 0.6 is 0 Å². The zero-order valence-corrected chi connectivity index (χ0v) is 9.06. The van der Waals surface area contributed by atoms with Crippen molar-refractivity contribution < 1.29 is 19.4 Å². The minimum Gasteiger partial charge on any atom is -0.496 e. The van der Waals surface area contributed by atoms with Crippen molar-refractivity contribution in [3.63, 3.8) is 0 Å². The van der Waals surface area contributed by atoms with E-state index in [0.29, 0.717) is 16.9 Å². The third kappa shape index (κ3) is 2.70. The maximum Gasteiger partial charge on any atom is 0.328 e. The van der Waals surface area contributed by atoms with Gasteiger partial charge in [-0.15, -0.1) is 0 Å². The van der Waals surface area contributed by atoms with Gasteiger partial charge in [0.05, 0.1) is 7.11 Å². The Labute approximate surface area is 93.2 Å². The molecule has 16 heavy (non-hydrogen) atoms. The fourth-order valence-electron chi connectivity index (χ4n) is 1.33. The largest absolute Gasteiger partial charge is 0.496 e. The molecule has 0 aliphatic rings. The number of carboxylic acid groups (broad SMARTS) is 1. The fraction of sp³-hybridized carbons (Fsp3) is 0.167. The van der Waals surface area contributed by atoms with Gasteiger partial charge in [0.25, 0.3) is 0 Å². The van der Waals surface area contributed by atoms with Crippen molar-refractivity contribution in [3.8, 4) is 5.75 Å². The summed E-state index contributed by atoms with van der Waals surface area (Å²) in [6.45, 7) is 1.77. The van der Waals surface area contributed by atoms with Crippen molar-refractivity contribution >= 4 is 18.3 Å². The number of carboxylic acids is 1. The molecule has 1 rings (SSSR count). The lowest BCUT2D eigenvalue weighted by Crippen LogP contribution is -1.94. The molecule has 0 fully saturated rings. The second kappa shape index (κ2) is 5.11. The Morgan fingerprint density at radius 1 is 1.44 bits per heavy atom. The quantitative estimate of drug-likeness (QED) is 0.622. The maximum atomic E-state index is 10.8. The van der Waals surface area contributed by atoms with Crippen molar-refractivity contribution in [2.45, 2.75) is 6.92 Å². The van der Waals surface area contributed by atoms with Gasteiger partial charge in [0.2, 0.25) is 0 Å². The third-order valence-electron chi connectivity index (χ3n) is 2.19. The number of hydrogen-bond acceptors (Lipinski definition) is 3. The predicted molar refractivity (Wildman–Crippen MR) is 59.8 cm³/mol. The van der Waals surface area contributed by atoms with Gasteiger partial charge in [0, 0.05) is 17.2 Å². The highest BCUT2D eigenvalue weighted by molar-refractivity contribution is 5.86. The summed E-state index contributed by atoms with van der Waals surface area (Å²) in [5, 5.41) is 8.49. The summed E-state index contributed by atoms with van der Waals surface area (Å²) in [5.74, 6) is -0.471. The lowest BCUT2D eigenvalue weighted by atomic mass is 10.0. The van der Waals surface area contributed by atoms with E-state index in [9.17, 15) is 9.59 Å². The smallest absolute Gasteiger partial charge is 0.328 e. The average molecular weight is 220 g/mol. The van der Waals surface area contributed by atoms with E-state index in [0.717, 1.165) is 17.9 Å². The molecule has 0 atom stereocenters. The predicted octanol–water partition coefficient (Wildman–Crippen LogP) is 1.91. The molecular formula is C12H12O4. The van der Waals surface area contributed by atoms with Gasteiger partial charge >= 0.3 is 5.97 Å². The van der Waals surface area contributed by atoms with Gasteiger partial charge in [-0.1, -0.05) is 0 Å². The van der Waals surface area contributed by atoms with Crippen LogP contribution in [0.2, 0.25) is 0 Å². The van der Waals surface area contributed by atoms with E-state index in [2.05, 4.69) is 0 Å². The van der Waals surface area contributed by atoms with Crippen LogP contribution in [0.4, 0.5) is 0 Å². The average Bonchev–Trinajstić information content (AvgIpc) is 2.27. The lowest BCUT2D eigenvalue weighted by molar-refractivity contribution is -0.131. The van der Waals surface area contributed by atoms with Crippen molar-refractivity contribution in [3.05, 3.63) is 34.9 Å². The Morgan fingerprint density at radius 3 is 2.62 bits per heavy atom. The zero-order valence-electron chi connectivity index (χ0n) is 9.06. The van der Waals surface area contributed by atoms with E-state index in [1.54, 1.807) is 19.1 Å². The molecule has 1 N–H and O–H groups in total. The normalized spacial score (nSPS) is 10.4. The van der Waals surface area contributed by atoms with Gasteiger partial charge in [0.1, 0.15) is 12.0 Å². The molecule has 0 aromatic heterocycles. The number of benzene rings is 1. The molecule has 0 amide bonds. The Hall–Kier alpha value is -2.10. The molecule has 4 nitrogen and oxygen atoms in total. The highest BCUT2D eigenvalue weighted by atomic mass is 16.5. The molecule has 1 aromatic carbocycles. The molecule has 0 saturated heterocycles. The molecular weight excluding hydrogens is 208 g/mol. The van der Waals surface area contributed by atoms with E-state index in [4.69, 9.17) is 9.84 Å². The van der Waals surface area contributed by atoms with E-state index >= 15 is 0 Å². The Bertz CT molecular complexity index is 447. The number of carbonyl (C=O) groups is 2. The van der Waals surface area contributed by atoms with Crippen LogP contribution in [-0.4, -0.2) is 24.5 Å². The Balaban J connectivity index is 3.21. The van der Waals surface area contributed by atoms with Crippen LogP contribution in [-0.2, 0) is 4.79 Å². The number of methoxy groups -OCH3 is 1. The van der Waals surface area contributed by atoms with Gasteiger partial charge in [-0.05, 0) is 30.7 Å². The number of carbonyl (C=O) groups excluding carboxylic acids is 1. The molecule has 0 unspecified atom stereocenters. The number of ether oxygens (including phenoxy) is 1. The molecule has 0 radical (unpaired) electrons. The molecule has 0 bridgehead atoms.